The first-order valence-electron chi connectivity index (χ1n) is 14.2. The number of carbonyl (C=O) groups excluding carboxylic acids is 8. The van der Waals surface area contributed by atoms with Gasteiger partial charge in [-0.3, -0.25) is 38.4 Å². The molecular formula is C28H38O19. The summed E-state index contributed by atoms with van der Waals surface area (Å²) in [6.07, 6.45) is -16.3. The van der Waals surface area contributed by atoms with Gasteiger partial charge in [-0.05, 0) is 0 Å². The van der Waals surface area contributed by atoms with Crippen molar-refractivity contribution in [1.82, 2.24) is 0 Å². The van der Waals surface area contributed by atoms with E-state index in [0.29, 0.717) is 0 Å². The molecule has 0 unspecified atom stereocenters. The van der Waals surface area contributed by atoms with Crippen LogP contribution >= 0.6 is 0 Å². The minimum Gasteiger partial charge on any atom is -0.463 e. The van der Waals surface area contributed by atoms with Gasteiger partial charge in [-0.1, -0.05) is 0 Å². The highest BCUT2D eigenvalue weighted by molar-refractivity contribution is 5.70. The Labute approximate surface area is 268 Å². The topological polar surface area (TPSA) is 238 Å². The molecule has 19 nitrogen and oxygen atoms in total. The molecule has 0 bridgehead atoms. The van der Waals surface area contributed by atoms with Crippen molar-refractivity contribution in [3.63, 3.8) is 0 Å². The van der Waals surface area contributed by atoms with Gasteiger partial charge >= 0.3 is 47.8 Å². The smallest absolute Gasteiger partial charge is 0.303 e. The number of carbonyl (C=O) groups is 8. The van der Waals surface area contributed by atoms with E-state index in [1.165, 1.54) is 0 Å². The Morgan fingerprint density at radius 1 is 0.383 bits per heavy atom. The van der Waals surface area contributed by atoms with Gasteiger partial charge in [0.15, 0.2) is 36.6 Å². The van der Waals surface area contributed by atoms with Crippen molar-refractivity contribution in [2.75, 3.05) is 13.2 Å². The molecule has 0 aromatic rings. The summed E-state index contributed by atoms with van der Waals surface area (Å²) in [5.74, 6) is -6.98. The Balaban J connectivity index is 2.69. The maximum Gasteiger partial charge on any atom is 0.303 e. The fourth-order valence-electron chi connectivity index (χ4n) is 4.73. The number of hydrogen-bond acceptors (Lipinski definition) is 19. The Morgan fingerprint density at radius 3 is 0.894 bits per heavy atom. The van der Waals surface area contributed by atoms with Crippen molar-refractivity contribution in [2.45, 2.75) is 117 Å². The molecule has 0 aromatic heterocycles. The predicted octanol–water partition coefficient (Wildman–Crippen LogP) is -0.831. The largest absolute Gasteiger partial charge is 0.463 e. The average Bonchev–Trinajstić information content (AvgIpc) is 2.91. The van der Waals surface area contributed by atoms with Crippen molar-refractivity contribution >= 4 is 47.8 Å². The number of hydrogen-bond donors (Lipinski definition) is 0. The van der Waals surface area contributed by atoms with Crippen LogP contribution in [0.3, 0.4) is 0 Å². The Hall–Kier alpha value is -4.36. The van der Waals surface area contributed by atoms with Crippen LogP contribution in [-0.4, -0.2) is 122 Å². The maximum atomic E-state index is 12.2. The van der Waals surface area contributed by atoms with Gasteiger partial charge in [-0.25, -0.2) is 0 Å². The maximum absolute atomic E-state index is 12.2. The van der Waals surface area contributed by atoms with E-state index < -0.39 is 122 Å². The van der Waals surface area contributed by atoms with E-state index in [0.717, 1.165) is 55.4 Å². The first-order valence-corrected chi connectivity index (χ1v) is 14.2. The van der Waals surface area contributed by atoms with Crippen LogP contribution in [0.5, 0.6) is 0 Å². The number of ether oxygens (including phenoxy) is 11. The van der Waals surface area contributed by atoms with Gasteiger partial charge in [0.25, 0.3) is 0 Å². The summed E-state index contributed by atoms with van der Waals surface area (Å²) in [5.41, 5.74) is 0. The van der Waals surface area contributed by atoms with Gasteiger partial charge in [0.2, 0.25) is 12.6 Å². The zero-order valence-corrected chi connectivity index (χ0v) is 26.9. The summed E-state index contributed by atoms with van der Waals surface area (Å²) in [6.45, 7) is 7.10. The van der Waals surface area contributed by atoms with E-state index in [9.17, 15) is 38.4 Å². The third kappa shape index (κ3) is 12.1. The summed E-state index contributed by atoms with van der Waals surface area (Å²) in [4.78, 5) is 96.2. The van der Waals surface area contributed by atoms with Crippen LogP contribution in [0.25, 0.3) is 0 Å². The fourth-order valence-corrected chi connectivity index (χ4v) is 4.73. The quantitative estimate of drug-likeness (QED) is 0.181. The molecule has 264 valence electrons. The zero-order chi connectivity index (χ0) is 35.6. The highest BCUT2D eigenvalue weighted by Crippen LogP contribution is 2.35. The van der Waals surface area contributed by atoms with Crippen molar-refractivity contribution in [3.8, 4) is 0 Å². The second-order valence-corrected chi connectivity index (χ2v) is 10.3. The molecule has 2 rings (SSSR count). The van der Waals surface area contributed by atoms with Crippen molar-refractivity contribution in [1.29, 1.82) is 0 Å². The van der Waals surface area contributed by atoms with Crippen molar-refractivity contribution < 1.29 is 90.5 Å². The molecule has 0 aromatic carbocycles. The van der Waals surface area contributed by atoms with E-state index in [4.69, 9.17) is 52.1 Å². The van der Waals surface area contributed by atoms with Crippen LogP contribution in [-0.2, 0) is 90.5 Å². The average molecular weight is 679 g/mol. The van der Waals surface area contributed by atoms with E-state index in [-0.39, 0.29) is 0 Å². The minimum atomic E-state index is -1.84. The van der Waals surface area contributed by atoms with Crippen molar-refractivity contribution in [2.24, 2.45) is 0 Å². The van der Waals surface area contributed by atoms with Gasteiger partial charge in [-0.15, -0.1) is 0 Å². The van der Waals surface area contributed by atoms with E-state index in [1.54, 1.807) is 0 Å². The van der Waals surface area contributed by atoms with Gasteiger partial charge in [0.05, 0.1) is 0 Å². The second-order valence-electron chi connectivity index (χ2n) is 10.3. The third-order valence-electron chi connectivity index (χ3n) is 6.16. The Morgan fingerprint density at radius 2 is 0.638 bits per heavy atom. The molecule has 2 fully saturated rings. The lowest BCUT2D eigenvalue weighted by molar-refractivity contribution is -0.377. The highest BCUT2D eigenvalue weighted by atomic mass is 16.8. The number of esters is 8. The standard InChI is InChI=1S/C28H38O19/c1-11(29)37-9-19-21(39-13(3)31)23(41-15(5)33)25(43-17(7)35)27(45-19)47-28-26(44-18(8)36)24(42-16(6)34)22(40-14(4)32)20(46-28)10-38-12(2)30/h19-28H,9-10H2,1-8H3/t19-,20-,21-,22+,23+,24+,25-,26-,27-,28-/m1/s1. The summed E-state index contributed by atoms with van der Waals surface area (Å²) in [6, 6.07) is 0. The zero-order valence-electron chi connectivity index (χ0n) is 26.9. The molecule has 2 aliphatic rings. The highest BCUT2D eigenvalue weighted by Gasteiger charge is 2.57. The van der Waals surface area contributed by atoms with Crippen LogP contribution < -0.4 is 0 Å². The van der Waals surface area contributed by atoms with Crippen molar-refractivity contribution in [3.05, 3.63) is 0 Å². The molecule has 0 radical (unpaired) electrons. The molecule has 47 heavy (non-hydrogen) atoms. The third-order valence-corrected chi connectivity index (χ3v) is 6.16. The molecule has 19 heteroatoms. The van der Waals surface area contributed by atoms with Gasteiger partial charge in [-0.2, -0.15) is 0 Å². The monoisotopic (exact) mass is 678 g/mol. The molecule has 0 N–H and O–H groups in total. The van der Waals surface area contributed by atoms with E-state index in [2.05, 4.69) is 0 Å². The van der Waals surface area contributed by atoms with Crippen LogP contribution in [0.2, 0.25) is 0 Å². The molecule has 0 spiro atoms. The van der Waals surface area contributed by atoms with Gasteiger partial charge < -0.3 is 52.1 Å². The van der Waals surface area contributed by atoms with E-state index >= 15 is 0 Å². The fraction of sp³-hybridized carbons (Fsp3) is 0.714. The lowest BCUT2D eigenvalue weighted by atomic mass is 9.96. The summed E-state index contributed by atoms with van der Waals surface area (Å²) < 4.78 is 60.1. The van der Waals surface area contributed by atoms with E-state index in [1.807, 2.05) is 0 Å². The molecule has 2 aliphatic heterocycles. The van der Waals surface area contributed by atoms with Gasteiger partial charge in [0.1, 0.15) is 25.4 Å². The van der Waals surface area contributed by atoms with Crippen LogP contribution in [0.1, 0.15) is 55.4 Å². The summed E-state index contributed by atoms with van der Waals surface area (Å²) in [7, 11) is 0. The normalized spacial score (nSPS) is 30.0. The predicted molar refractivity (Wildman–Crippen MR) is 145 cm³/mol. The molecule has 10 atom stereocenters. The molecule has 2 saturated heterocycles. The lowest BCUT2D eigenvalue weighted by Crippen LogP contribution is -2.66. The summed E-state index contributed by atoms with van der Waals surface area (Å²) >= 11 is 0. The molecular weight excluding hydrogens is 640 g/mol. The summed E-state index contributed by atoms with van der Waals surface area (Å²) in [5, 5.41) is 0. The molecule has 0 saturated carbocycles. The SMILES string of the molecule is CC(=O)OC[C@H]1O[C@H](O[C@H]2O[C@H](COC(C)=O)[C@@H](OC(C)=O)[C@H](OC(C)=O)[C@H]2OC(C)=O)[C@H](OC(C)=O)[C@@H](OC(C)=O)[C@H]1OC(C)=O. The van der Waals surface area contributed by atoms with Crippen LogP contribution in [0.15, 0.2) is 0 Å². The molecule has 0 aliphatic carbocycles. The van der Waals surface area contributed by atoms with Crippen LogP contribution in [0.4, 0.5) is 0 Å². The number of rotatable bonds is 12. The molecule has 2 heterocycles. The first kappa shape index (κ1) is 38.8. The second kappa shape index (κ2) is 17.5. The Kier molecular flexibility index (Phi) is 14.5. The lowest BCUT2D eigenvalue weighted by Gasteiger charge is -2.48. The van der Waals surface area contributed by atoms with Gasteiger partial charge in [0, 0.05) is 55.4 Å². The minimum absolute atomic E-state index is 0.587. The molecule has 0 amide bonds. The Bertz CT molecular complexity index is 1110. The van der Waals surface area contributed by atoms with Crippen LogP contribution in [0, 0.1) is 0 Å². The first-order chi connectivity index (χ1) is 21.9.